The smallest absolute Gasteiger partial charge is 0.275 e. The van der Waals surface area contributed by atoms with Gasteiger partial charge in [0.05, 0.1) is 18.7 Å². The molecule has 2 heterocycles. The maximum atomic E-state index is 13.3. The van der Waals surface area contributed by atoms with Crippen molar-refractivity contribution in [2.45, 2.75) is 18.6 Å². The molecule has 0 aliphatic carbocycles. The Morgan fingerprint density at radius 2 is 1.93 bits per heavy atom. The number of nitrogens with one attached hydrogen (secondary N) is 2. The molecule has 2 amide bonds. The number of hydrogen-bond donors (Lipinski definition) is 2. The Morgan fingerprint density at radius 1 is 1.17 bits per heavy atom. The number of para-hydroxylation sites is 2. The number of amides is 2. The van der Waals surface area contributed by atoms with E-state index in [1.807, 2.05) is 54.6 Å². The number of aromatic amines is 1. The number of rotatable bonds is 7. The van der Waals surface area contributed by atoms with Gasteiger partial charge in [-0.1, -0.05) is 36.4 Å². The molecule has 2 N–H and O–H groups in total. The van der Waals surface area contributed by atoms with E-state index < -0.39 is 6.04 Å². The van der Waals surface area contributed by atoms with Crippen LogP contribution in [0.25, 0.3) is 10.9 Å². The quantitative estimate of drug-likeness (QED) is 0.583. The van der Waals surface area contributed by atoms with E-state index >= 15 is 0 Å². The second-order valence-corrected chi connectivity index (χ2v) is 7.16. The summed E-state index contributed by atoms with van der Waals surface area (Å²) >= 11 is 0. The van der Waals surface area contributed by atoms with Crippen LogP contribution in [0.4, 0.5) is 0 Å². The summed E-state index contributed by atoms with van der Waals surface area (Å²) in [4.78, 5) is 27.7. The van der Waals surface area contributed by atoms with Crippen LogP contribution in [0.5, 0.6) is 5.75 Å². The van der Waals surface area contributed by atoms with Crippen LogP contribution in [-0.2, 0) is 9.53 Å². The van der Waals surface area contributed by atoms with E-state index in [2.05, 4.69) is 15.5 Å². The zero-order valence-electron chi connectivity index (χ0n) is 16.7. The molecule has 1 aliphatic heterocycles. The summed E-state index contributed by atoms with van der Waals surface area (Å²) in [7, 11) is 1.57. The first-order valence-corrected chi connectivity index (χ1v) is 9.90. The lowest BCUT2D eigenvalue weighted by Gasteiger charge is -2.22. The molecule has 1 fully saturated rings. The number of hydrogen-bond acceptors (Lipinski definition) is 5. The summed E-state index contributed by atoms with van der Waals surface area (Å²) in [5.74, 6) is 0.193. The molecular weight excluding hydrogens is 384 g/mol. The maximum Gasteiger partial charge on any atom is 0.275 e. The molecule has 1 aromatic heterocycles. The van der Waals surface area contributed by atoms with Crippen molar-refractivity contribution in [3.05, 3.63) is 60.3 Å². The van der Waals surface area contributed by atoms with Crippen molar-refractivity contribution in [2.24, 2.45) is 0 Å². The van der Waals surface area contributed by atoms with Crippen molar-refractivity contribution in [3.8, 4) is 5.75 Å². The number of carbonyl (C=O) groups is 2. The number of fused-ring (bicyclic) bond motifs is 1. The predicted molar refractivity (Wildman–Crippen MR) is 111 cm³/mol. The first-order chi connectivity index (χ1) is 14.7. The molecule has 0 saturated carbocycles. The summed E-state index contributed by atoms with van der Waals surface area (Å²) < 4.78 is 11.0. The number of aromatic nitrogens is 2. The van der Waals surface area contributed by atoms with Crippen LogP contribution in [0, 0.1) is 0 Å². The van der Waals surface area contributed by atoms with Gasteiger partial charge in [0.2, 0.25) is 5.91 Å². The van der Waals surface area contributed by atoms with E-state index in [4.69, 9.17) is 9.47 Å². The molecule has 3 aromatic rings. The second-order valence-electron chi connectivity index (χ2n) is 7.16. The van der Waals surface area contributed by atoms with Gasteiger partial charge in [-0.3, -0.25) is 14.7 Å². The fraction of sp³-hybridized carbons (Fsp3) is 0.318. The minimum atomic E-state index is -0.640. The van der Waals surface area contributed by atoms with Crippen molar-refractivity contribution in [3.63, 3.8) is 0 Å². The van der Waals surface area contributed by atoms with E-state index in [1.54, 1.807) is 12.0 Å². The summed E-state index contributed by atoms with van der Waals surface area (Å²) in [6.07, 6.45) is 0.113. The molecule has 8 nitrogen and oxygen atoms in total. The van der Waals surface area contributed by atoms with Gasteiger partial charge < -0.3 is 19.7 Å². The third kappa shape index (κ3) is 4.13. The first-order valence-electron chi connectivity index (χ1n) is 9.90. The molecule has 1 aliphatic rings. The Morgan fingerprint density at radius 3 is 2.73 bits per heavy atom. The largest absolute Gasteiger partial charge is 0.488 e. The summed E-state index contributed by atoms with van der Waals surface area (Å²) in [6.45, 7) is 1.08. The highest BCUT2D eigenvalue weighted by molar-refractivity contribution is 6.06. The van der Waals surface area contributed by atoms with Gasteiger partial charge in [0.25, 0.3) is 5.91 Å². The van der Waals surface area contributed by atoms with Gasteiger partial charge in [0, 0.05) is 25.5 Å². The van der Waals surface area contributed by atoms with Crippen LogP contribution in [-0.4, -0.2) is 65.9 Å². The van der Waals surface area contributed by atoms with Gasteiger partial charge in [-0.2, -0.15) is 5.10 Å². The predicted octanol–water partition coefficient (Wildman–Crippen LogP) is 1.99. The molecular formula is C22H24N4O4. The lowest BCUT2D eigenvalue weighted by atomic mass is 10.1. The van der Waals surface area contributed by atoms with Gasteiger partial charge in [-0.25, -0.2) is 0 Å². The van der Waals surface area contributed by atoms with Crippen LogP contribution < -0.4 is 10.1 Å². The fourth-order valence-corrected chi connectivity index (χ4v) is 3.70. The first kappa shape index (κ1) is 19.9. The Bertz CT molecular complexity index is 1020. The SMILES string of the molecule is COCCNC(=O)[C@H]1C[C@H](Oc2ccccc2)CN1C(=O)c1n[nH]c2ccccc12. The highest BCUT2D eigenvalue weighted by Gasteiger charge is 2.42. The van der Waals surface area contributed by atoms with Crippen molar-refractivity contribution in [1.29, 1.82) is 0 Å². The molecule has 0 spiro atoms. The number of benzene rings is 2. The highest BCUT2D eigenvalue weighted by atomic mass is 16.5. The van der Waals surface area contributed by atoms with E-state index in [9.17, 15) is 9.59 Å². The fourth-order valence-electron chi connectivity index (χ4n) is 3.70. The Kier molecular flexibility index (Phi) is 5.94. The third-order valence-electron chi connectivity index (χ3n) is 5.15. The van der Waals surface area contributed by atoms with Crippen molar-refractivity contribution >= 4 is 22.7 Å². The standard InChI is InChI=1S/C22H24N4O4/c1-29-12-11-23-21(27)19-13-16(30-15-7-3-2-4-8-15)14-26(19)22(28)20-17-9-5-6-10-18(17)24-25-20/h2-10,16,19H,11-14H2,1H3,(H,23,27)(H,24,25)/t16-,19+/m0/s1. The topological polar surface area (TPSA) is 96.6 Å². The summed E-state index contributed by atoms with van der Waals surface area (Å²) in [5, 5.41) is 10.7. The number of nitrogens with zero attached hydrogens (tertiary/aromatic N) is 2. The van der Waals surface area contributed by atoms with Crippen molar-refractivity contribution < 1.29 is 19.1 Å². The average Bonchev–Trinajstić information content (AvgIpc) is 3.39. The molecule has 156 valence electrons. The molecule has 2 atom stereocenters. The Hall–Kier alpha value is -3.39. The molecule has 30 heavy (non-hydrogen) atoms. The molecule has 1 saturated heterocycles. The molecule has 4 rings (SSSR count). The van der Waals surface area contributed by atoms with E-state index in [0.29, 0.717) is 37.6 Å². The van der Waals surface area contributed by atoms with Crippen LogP contribution in [0.2, 0.25) is 0 Å². The number of carbonyl (C=O) groups excluding carboxylic acids is 2. The maximum absolute atomic E-state index is 13.3. The van der Waals surface area contributed by atoms with Gasteiger partial charge >= 0.3 is 0 Å². The van der Waals surface area contributed by atoms with E-state index in [0.717, 1.165) is 10.9 Å². The molecule has 0 bridgehead atoms. The number of ether oxygens (including phenoxy) is 2. The highest BCUT2D eigenvalue weighted by Crippen LogP contribution is 2.26. The van der Waals surface area contributed by atoms with E-state index in [1.165, 1.54) is 0 Å². The van der Waals surface area contributed by atoms with Crippen LogP contribution in [0.1, 0.15) is 16.9 Å². The minimum absolute atomic E-state index is 0.223. The van der Waals surface area contributed by atoms with Gasteiger partial charge in [0.1, 0.15) is 17.9 Å². The molecule has 8 heteroatoms. The second kappa shape index (κ2) is 8.96. The normalized spacial score (nSPS) is 18.5. The number of methoxy groups -OCH3 is 1. The number of likely N-dealkylation sites (tertiary alicyclic amines) is 1. The summed E-state index contributed by atoms with van der Waals surface area (Å²) in [5.41, 5.74) is 1.08. The van der Waals surface area contributed by atoms with E-state index in [-0.39, 0.29) is 17.9 Å². The molecule has 2 aromatic carbocycles. The average molecular weight is 408 g/mol. The Balaban J connectivity index is 1.56. The van der Waals surface area contributed by atoms with Crippen LogP contribution in [0.15, 0.2) is 54.6 Å². The monoisotopic (exact) mass is 408 g/mol. The number of H-pyrrole nitrogens is 1. The minimum Gasteiger partial charge on any atom is -0.488 e. The van der Waals surface area contributed by atoms with Crippen molar-refractivity contribution in [2.75, 3.05) is 26.8 Å². The van der Waals surface area contributed by atoms with Crippen molar-refractivity contribution in [1.82, 2.24) is 20.4 Å². The zero-order valence-corrected chi connectivity index (χ0v) is 16.7. The Labute approximate surface area is 174 Å². The summed E-state index contributed by atoms with van der Waals surface area (Å²) in [6, 6.07) is 16.2. The zero-order chi connectivity index (χ0) is 20.9. The lowest BCUT2D eigenvalue weighted by molar-refractivity contribution is -0.125. The van der Waals surface area contributed by atoms with Crippen LogP contribution >= 0.6 is 0 Å². The molecule has 0 unspecified atom stereocenters. The van der Waals surface area contributed by atoms with Gasteiger partial charge in [-0.05, 0) is 18.2 Å². The van der Waals surface area contributed by atoms with Crippen LogP contribution in [0.3, 0.4) is 0 Å². The molecule has 0 radical (unpaired) electrons. The van der Waals surface area contributed by atoms with Gasteiger partial charge in [-0.15, -0.1) is 0 Å². The third-order valence-corrected chi connectivity index (χ3v) is 5.15. The lowest BCUT2D eigenvalue weighted by Crippen LogP contribution is -2.46. The van der Waals surface area contributed by atoms with Gasteiger partial charge in [0.15, 0.2) is 5.69 Å².